The molecule has 9 heteroatoms. The normalized spacial score (nSPS) is 15.6. The minimum atomic E-state index is -3.02. The third kappa shape index (κ3) is 6.04. The number of likely N-dealkylation sites (tertiary alicyclic amines) is 1. The molecule has 0 radical (unpaired) electrons. The number of methoxy groups -OCH3 is 1. The SMILES string of the molecule is COC(=O)CC(c1cccc(OC(F)F)c1)c1oc(CN2CCCCC2)cc(=O)c1O. The first-order valence-corrected chi connectivity index (χ1v) is 10.1. The lowest BCUT2D eigenvalue weighted by Crippen LogP contribution is -2.29. The summed E-state index contributed by atoms with van der Waals surface area (Å²) in [5.41, 5.74) is -0.278. The standard InChI is InChI=1S/C22H25F2NO6/c1-29-19(27)12-17(14-6-5-7-15(10-14)31-22(23)24)21-20(28)18(26)11-16(30-21)13-25-8-3-2-4-9-25/h5-7,10-11,17,22,28H,2-4,8-9,12-13H2,1H3. The third-order valence-corrected chi connectivity index (χ3v) is 5.23. The minimum Gasteiger partial charge on any atom is -0.502 e. The van der Waals surface area contributed by atoms with Crippen molar-refractivity contribution in [3.8, 4) is 11.5 Å². The number of ether oxygens (including phenoxy) is 2. The van der Waals surface area contributed by atoms with E-state index in [-0.39, 0.29) is 17.9 Å². The zero-order valence-electron chi connectivity index (χ0n) is 17.2. The van der Waals surface area contributed by atoms with Crippen LogP contribution in [0.4, 0.5) is 8.78 Å². The molecule has 3 rings (SSSR count). The van der Waals surface area contributed by atoms with Gasteiger partial charge in [-0.15, -0.1) is 0 Å². The van der Waals surface area contributed by atoms with Gasteiger partial charge in [-0.3, -0.25) is 14.5 Å². The Morgan fingerprint density at radius 1 is 1.23 bits per heavy atom. The van der Waals surface area contributed by atoms with Crippen LogP contribution in [0.5, 0.6) is 11.5 Å². The van der Waals surface area contributed by atoms with Crippen LogP contribution in [0, 0.1) is 0 Å². The Morgan fingerprint density at radius 3 is 2.65 bits per heavy atom. The number of carbonyl (C=O) groups excluding carboxylic acids is 1. The van der Waals surface area contributed by atoms with E-state index >= 15 is 0 Å². The number of halogens is 2. The largest absolute Gasteiger partial charge is 0.502 e. The number of aromatic hydroxyl groups is 1. The number of rotatable bonds is 8. The number of benzene rings is 1. The lowest BCUT2D eigenvalue weighted by molar-refractivity contribution is -0.141. The summed E-state index contributed by atoms with van der Waals surface area (Å²) in [5, 5.41) is 10.4. The average Bonchev–Trinajstić information content (AvgIpc) is 2.75. The molecule has 1 N–H and O–H groups in total. The number of hydrogen-bond donors (Lipinski definition) is 1. The van der Waals surface area contributed by atoms with Crippen LogP contribution in [-0.2, 0) is 16.1 Å². The molecule has 168 valence electrons. The molecule has 0 saturated carbocycles. The lowest BCUT2D eigenvalue weighted by Gasteiger charge is -2.26. The van der Waals surface area contributed by atoms with Crippen LogP contribution in [0.1, 0.15) is 48.7 Å². The molecule has 2 aromatic rings. The third-order valence-electron chi connectivity index (χ3n) is 5.23. The molecule has 7 nitrogen and oxygen atoms in total. The lowest BCUT2D eigenvalue weighted by atomic mass is 9.92. The van der Waals surface area contributed by atoms with Gasteiger partial charge in [0.15, 0.2) is 5.76 Å². The van der Waals surface area contributed by atoms with E-state index in [9.17, 15) is 23.5 Å². The van der Waals surface area contributed by atoms with Gasteiger partial charge < -0.3 is 19.0 Å². The molecular formula is C22H25F2NO6. The predicted molar refractivity (Wildman–Crippen MR) is 107 cm³/mol. The Labute approximate surface area is 178 Å². The Bertz CT molecular complexity index is 955. The van der Waals surface area contributed by atoms with Crippen LogP contribution < -0.4 is 10.2 Å². The summed E-state index contributed by atoms with van der Waals surface area (Å²) in [4.78, 5) is 26.6. The number of carbonyl (C=O) groups is 1. The van der Waals surface area contributed by atoms with Crippen molar-refractivity contribution in [1.29, 1.82) is 0 Å². The molecule has 1 saturated heterocycles. The van der Waals surface area contributed by atoms with Gasteiger partial charge in [0.2, 0.25) is 11.2 Å². The molecule has 1 fully saturated rings. The summed E-state index contributed by atoms with van der Waals surface area (Å²) < 4.78 is 40.3. The Kier molecular flexibility index (Phi) is 7.62. The zero-order valence-corrected chi connectivity index (χ0v) is 17.2. The van der Waals surface area contributed by atoms with E-state index in [0.29, 0.717) is 17.9 Å². The van der Waals surface area contributed by atoms with Gasteiger partial charge in [0, 0.05) is 6.07 Å². The molecule has 1 aromatic carbocycles. The first-order chi connectivity index (χ1) is 14.9. The first kappa shape index (κ1) is 22.7. The molecular weight excluding hydrogens is 412 g/mol. The van der Waals surface area contributed by atoms with E-state index in [4.69, 9.17) is 9.15 Å². The average molecular weight is 437 g/mol. The van der Waals surface area contributed by atoms with Crippen molar-refractivity contribution in [3.63, 3.8) is 0 Å². The second-order valence-electron chi connectivity index (χ2n) is 7.41. The van der Waals surface area contributed by atoms with Crippen LogP contribution in [0.15, 0.2) is 39.5 Å². The molecule has 1 aliphatic heterocycles. The maximum absolute atomic E-state index is 12.6. The van der Waals surface area contributed by atoms with Gasteiger partial charge in [0.1, 0.15) is 11.5 Å². The van der Waals surface area contributed by atoms with Gasteiger partial charge >= 0.3 is 12.6 Å². The quantitative estimate of drug-likeness (QED) is 0.631. The van der Waals surface area contributed by atoms with Gasteiger partial charge in [0.25, 0.3) is 0 Å². The number of esters is 1. The molecule has 31 heavy (non-hydrogen) atoms. The highest BCUT2D eigenvalue weighted by Crippen LogP contribution is 2.35. The van der Waals surface area contributed by atoms with E-state index in [1.54, 1.807) is 6.07 Å². The summed E-state index contributed by atoms with van der Waals surface area (Å²) in [6.45, 7) is -0.882. The van der Waals surface area contributed by atoms with Gasteiger partial charge in [0.05, 0.1) is 26.0 Å². The van der Waals surface area contributed by atoms with Gasteiger partial charge in [-0.2, -0.15) is 8.78 Å². The summed E-state index contributed by atoms with van der Waals surface area (Å²) in [5.74, 6) is -2.05. The van der Waals surface area contributed by atoms with Crippen molar-refractivity contribution in [2.75, 3.05) is 20.2 Å². The van der Waals surface area contributed by atoms with Crippen LogP contribution in [0.2, 0.25) is 0 Å². The molecule has 2 heterocycles. The monoisotopic (exact) mass is 437 g/mol. The molecule has 0 aliphatic carbocycles. The van der Waals surface area contributed by atoms with Crippen LogP contribution in [0.25, 0.3) is 0 Å². The number of alkyl halides is 2. The van der Waals surface area contributed by atoms with Gasteiger partial charge in [-0.25, -0.2) is 0 Å². The van der Waals surface area contributed by atoms with E-state index in [1.165, 1.54) is 31.4 Å². The summed E-state index contributed by atoms with van der Waals surface area (Å²) in [7, 11) is 1.21. The fraction of sp³-hybridized carbons (Fsp3) is 0.455. The number of piperidine rings is 1. The van der Waals surface area contributed by atoms with Crippen molar-refractivity contribution >= 4 is 5.97 Å². The summed E-state index contributed by atoms with van der Waals surface area (Å²) in [6, 6.07) is 6.94. The molecule has 0 spiro atoms. The fourth-order valence-electron chi connectivity index (χ4n) is 3.73. The molecule has 1 unspecified atom stereocenters. The van der Waals surface area contributed by atoms with Crippen molar-refractivity contribution in [3.05, 3.63) is 57.6 Å². The van der Waals surface area contributed by atoms with Gasteiger partial charge in [-0.05, 0) is 43.6 Å². The molecule has 1 aromatic heterocycles. The van der Waals surface area contributed by atoms with Crippen molar-refractivity contribution < 1.29 is 32.6 Å². The van der Waals surface area contributed by atoms with E-state index < -0.39 is 29.7 Å². The highest BCUT2D eigenvalue weighted by atomic mass is 19.3. The first-order valence-electron chi connectivity index (χ1n) is 10.1. The number of hydrogen-bond acceptors (Lipinski definition) is 7. The van der Waals surface area contributed by atoms with Crippen molar-refractivity contribution in [2.45, 2.75) is 44.8 Å². The predicted octanol–water partition coefficient (Wildman–Crippen LogP) is 3.63. The maximum atomic E-state index is 12.6. The topological polar surface area (TPSA) is 89.2 Å². The van der Waals surface area contributed by atoms with Crippen LogP contribution >= 0.6 is 0 Å². The Morgan fingerprint density at radius 2 is 1.97 bits per heavy atom. The highest BCUT2D eigenvalue weighted by Gasteiger charge is 2.27. The Hall–Kier alpha value is -2.94. The summed E-state index contributed by atoms with van der Waals surface area (Å²) >= 11 is 0. The van der Waals surface area contributed by atoms with E-state index in [2.05, 4.69) is 9.64 Å². The van der Waals surface area contributed by atoms with E-state index in [0.717, 1.165) is 32.4 Å². The van der Waals surface area contributed by atoms with Gasteiger partial charge in [-0.1, -0.05) is 18.6 Å². The second kappa shape index (κ2) is 10.4. The van der Waals surface area contributed by atoms with Crippen LogP contribution in [-0.4, -0.2) is 42.8 Å². The molecule has 0 amide bonds. The fourth-order valence-corrected chi connectivity index (χ4v) is 3.73. The van der Waals surface area contributed by atoms with Crippen LogP contribution in [0.3, 0.4) is 0 Å². The molecule has 0 bridgehead atoms. The maximum Gasteiger partial charge on any atom is 0.387 e. The smallest absolute Gasteiger partial charge is 0.387 e. The zero-order chi connectivity index (χ0) is 22.4. The summed E-state index contributed by atoms with van der Waals surface area (Å²) in [6.07, 6.45) is 2.99. The molecule has 1 atom stereocenters. The number of nitrogens with zero attached hydrogens (tertiary/aromatic N) is 1. The molecule has 1 aliphatic rings. The second-order valence-corrected chi connectivity index (χ2v) is 7.41. The van der Waals surface area contributed by atoms with Crippen molar-refractivity contribution in [1.82, 2.24) is 4.90 Å². The highest BCUT2D eigenvalue weighted by molar-refractivity contribution is 5.71. The minimum absolute atomic E-state index is 0.112. The van der Waals surface area contributed by atoms with E-state index in [1.807, 2.05) is 0 Å². The Balaban J connectivity index is 2.00. The van der Waals surface area contributed by atoms with Crippen molar-refractivity contribution in [2.24, 2.45) is 0 Å².